The van der Waals surface area contributed by atoms with Crippen molar-refractivity contribution in [2.24, 2.45) is 0 Å². The van der Waals surface area contributed by atoms with Crippen molar-refractivity contribution in [2.45, 2.75) is 19.0 Å². The molecule has 6 heteroatoms. The monoisotopic (exact) mass is 302 g/mol. The molecule has 0 spiro atoms. The van der Waals surface area contributed by atoms with E-state index in [-0.39, 0.29) is 0 Å². The zero-order valence-electron chi connectivity index (χ0n) is 11.9. The van der Waals surface area contributed by atoms with Gasteiger partial charge < -0.3 is 10.2 Å². The van der Waals surface area contributed by atoms with E-state index in [9.17, 15) is 9.59 Å². The van der Waals surface area contributed by atoms with Crippen molar-refractivity contribution in [1.82, 2.24) is 10.3 Å². The lowest BCUT2D eigenvalue weighted by Gasteiger charge is -2.11. The number of nitrogens with zero attached hydrogens (tertiary/aromatic N) is 1. The quantitative estimate of drug-likeness (QED) is 0.752. The summed E-state index contributed by atoms with van der Waals surface area (Å²) in [6.45, 7) is 0.338. The lowest BCUT2D eigenvalue weighted by Crippen LogP contribution is -2.38. The minimum Gasteiger partial charge on any atom is -0.481 e. The van der Waals surface area contributed by atoms with E-state index in [1.165, 1.54) is 0 Å². The molecule has 1 aromatic carbocycles. The van der Waals surface area contributed by atoms with Gasteiger partial charge in [-0.1, -0.05) is 36.4 Å². The van der Waals surface area contributed by atoms with Gasteiger partial charge in [0.15, 0.2) is 0 Å². The summed E-state index contributed by atoms with van der Waals surface area (Å²) in [5.41, 5.74) is 0.916. The van der Waals surface area contributed by atoms with E-state index in [1.807, 2.05) is 48.5 Å². The van der Waals surface area contributed by atoms with E-state index in [2.05, 4.69) is 10.3 Å². The number of hydrogen-bond donors (Lipinski definition) is 3. The summed E-state index contributed by atoms with van der Waals surface area (Å²) in [4.78, 5) is 24.9. The highest BCUT2D eigenvalue weighted by Gasteiger charge is 2.19. The molecule has 6 nitrogen and oxygen atoms in total. The molecule has 0 amide bonds. The molecule has 116 valence electrons. The molecular weight excluding hydrogens is 284 g/mol. The minimum atomic E-state index is -1.15. The molecule has 0 unspecified atom stereocenters. The van der Waals surface area contributed by atoms with Crippen LogP contribution in [0.25, 0.3) is 0 Å². The fourth-order valence-corrected chi connectivity index (χ4v) is 1.57. The van der Waals surface area contributed by atoms with Crippen LogP contribution in [0.4, 0.5) is 0 Å². The van der Waals surface area contributed by atoms with Crippen LogP contribution in [-0.2, 0) is 16.1 Å². The summed E-state index contributed by atoms with van der Waals surface area (Å²) in [7, 11) is 0. The molecule has 2 aromatic rings. The van der Waals surface area contributed by atoms with E-state index >= 15 is 0 Å². The van der Waals surface area contributed by atoms with Crippen LogP contribution in [0.15, 0.2) is 60.9 Å². The van der Waals surface area contributed by atoms with Gasteiger partial charge in [0.2, 0.25) is 0 Å². The molecule has 0 saturated carbocycles. The molecule has 0 bridgehead atoms. The number of benzene rings is 1. The number of nitrogens with one attached hydrogen (secondary N) is 1. The average molecular weight is 302 g/mol. The maximum absolute atomic E-state index is 10.7. The number of aliphatic carboxylic acids is 2. The first-order chi connectivity index (χ1) is 10.6. The summed E-state index contributed by atoms with van der Waals surface area (Å²) >= 11 is 0. The second-order valence-corrected chi connectivity index (χ2v) is 4.38. The fourth-order valence-electron chi connectivity index (χ4n) is 1.57. The number of carboxylic acids is 2. The maximum atomic E-state index is 10.7. The van der Waals surface area contributed by atoms with Gasteiger partial charge in [0.25, 0.3) is 0 Å². The Morgan fingerprint density at radius 3 is 2.00 bits per heavy atom. The predicted molar refractivity (Wildman–Crippen MR) is 81.2 cm³/mol. The third kappa shape index (κ3) is 7.76. The Bertz CT molecular complexity index is 534. The van der Waals surface area contributed by atoms with E-state index < -0.39 is 24.4 Å². The van der Waals surface area contributed by atoms with Crippen LogP contribution >= 0.6 is 0 Å². The lowest BCUT2D eigenvalue weighted by atomic mass is 10.1. The number of carboxylic acid groups (broad SMARTS) is 2. The van der Waals surface area contributed by atoms with Crippen molar-refractivity contribution in [1.29, 1.82) is 0 Å². The second kappa shape index (κ2) is 10.1. The standard InChI is InChI=1S/C11H13NO4.C5H5N/c13-10(14)6-9(11(15)16)12-7-8-4-2-1-3-5-8;1-2-4-6-5-3-1/h1-5,9,12H,6-7H2,(H,13,14)(H,15,16);1-5H/t9-;/m0./s1. The van der Waals surface area contributed by atoms with Crippen LogP contribution < -0.4 is 5.32 Å². The van der Waals surface area contributed by atoms with Gasteiger partial charge >= 0.3 is 11.9 Å². The lowest BCUT2D eigenvalue weighted by molar-refractivity contribution is -0.146. The van der Waals surface area contributed by atoms with Gasteiger partial charge in [-0.25, -0.2) is 0 Å². The second-order valence-electron chi connectivity index (χ2n) is 4.38. The highest BCUT2D eigenvalue weighted by atomic mass is 16.4. The zero-order chi connectivity index (χ0) is 16.2. The molecule has 0 saturated heterocycles. The summed E-state index contributed by atoms with van der Waals surface area (Å²) < 4.78 is 0. The fraction of sp³-hybridized carbons (Fsp3) is 0.188. The van der Waals surface area contributed by atoms with Gasteiger partial charge in [-0.05, 0) is 17.7 Å². The van der Waals surface area contributed by atoms with Crippen LogP contribution in [-0.4, -0.2) is 33.2 Å². The molecule has 0 fully saturated rings. The maximum Gasteiger partial charge on any atom is 0.321 e. The third-order valence-electron chi connectivity index (χ3n) is 2.64. The van der Waals surface area contributed by atoms with Crippen LogP contribution in [0.5, 0.6) is 0 Å². The zero-order valence-corrected chi connectivity index (χ0v) is 11.9. The number of carbonyl (C=O) groups is 2. The Kier molecular flexibility index (Phi) is 7.92. The largest absolute Gasteiger partial charge is 0.481 e. The molecule has 0 radical (unpaired) electrons. The first-order valence-corrected chi connectivity index (χ1v) is 6.66. The van der Waals surface area contributed by atoms with Crippen LogP contribution in [0.3, 0.4) is 0 Å². The highest BCUT2D eigenvalue weighted by Crippen LogP contribution is 2.00. The summed E-state index contributed by atoms with van der Waals surface area (Å²) in [6.07, 6.45) is 3.07. The van der Waals surface area contributed by atoms with Crippen LogP contribution in [0, 0.1) is 0 Å². The Hall–Kier alpha value is -2.73. The van der Waals surface area contributed by atoms with Crippen molar-refractivity contribution < 1.29 is 19.8 Å². The van der Waals surface area contributed by atoms with Gasteiger partial charge in [0, 0.05) is 18.9 Å². The van der Waals surface area contributed by atoms with Gasteiger partial charge in [-0.15, -0.1) is 0 Å². The number of aromatic nitrogens is 1. The molecule has 0 aliphatic heterocycles. The van der Waals surface area contributed by atoms with Crippen molar-refractivity contribution in [3.8, 4) is 0 Å². The Morgan fingerprint density at radius 1 is 1.00 bits per heavy atom. The number of pyridine rings is 1. The molecule has 22 heavy (non-hydrogen) atoms. The molecule has 1 heterocycles. The van der Waals surface area contributed by atoms with Gasteiger partial charge in [-0.3, -0.25) is 19.9 Å². The molecule has 0 aliphatic carbocycles. The SMILES string of the molecule is O=C(O)C[C@H](NCc1ccccc1)C(=O)O.c1ccncc1. The Morgan fingerprint density at radius 2 is 1.59 bits per heavy atom. The highest BCUT2D eigenvalue weighted by molar-refractivity contribution is 5.80. The van der Waals surface area contributed by atoms with Gasteiger partial charge in [0.1, 0.15) is 6.04 Å². The molecule has 2 rings (SSSR count). The van der Waals surface area contributed by atoms with Gasteiger partial charge in [0.05, 0.1) is 6.42 Å². The summed E-state index contributed by atoms with van der Waals surface area (Å²) in [5.74, 6) is -2.29. The van der Waals surface area contributed by atoms with E-state index in [1.54, 1.807) is 12.4 Å². The number of hydrogen-bond acceptors (Lipinski definition) is 4. The molecular formula is C16H18N2O4. The van der Waals surface area contributed by atoms with Crippen molar-refractivity contribution in [3.63, 3.8) is 0 Å². The van der Waals surface area contributed by atoms with E-state index in [0.717, 1.165) is 5.56 Å². The van der Waals surface area contributed by atoms with Crippen molar-refractivity contribution in [3.05, 3.63) is 66.5 Å². The van der Waals surface area contributed by atoms with Gasteiger partial charge in [-0.2, -0.15) is 0 Å². The summed E-state index contributed by atoms with van der Waals surface area (Å²) in [5, 5.41) is 20.0. The molecule has 1 aromatic heterocycles. The normalized spacial score (nSPS) is 10.9. The van der Waals surface area contributed by atoms with Crippen LogP contribution in [0.2, 0.25) is 0 Å². The third-order valence-corrected chi connectivity index (χ3v) is 2.64. The average Bonchev–Trinajstić information content (AvgIpc) is 2.54. The predicted octanol–water partition coefficient (Wildman–Crippen LogP) is 1.79. The van der Waals surface area contributed by atoms with E-state index in [4.69, 9.17) is 10.2 Å². The molecule has 3 N–H and O–H groups in total. The first kappa shape index (κ1) is 17.3. The molecule has 0 aliphatic rings. The molecule has 1 atom stereocenters. The minimum absolute atomic E-state index is 0.338. The Balaban J connectivity index is 0.000000335. The van der Waals surface area contributed by atoms with Crippen molar-refractivity contribution >= 4 is 11.9 Å². The Labute approximate surface area is 128 Å². The van der Waals surface area contributed by atoms with Crippen LogP contribution in [0.1, 0.15) is 12.0 Å². The smallest absolute Gasteiger partial charge is 0.321 e. The summed E-state index contributed by atoms with van der Waals surface area (Å²) in [6, 6.07) is 13.9. The van der Waals surface area contributed by atoms with E-state index in [0.29, 0.717) is 6.54 Å². The number of rotatable bonds is 6. The topological polar surface area (TPSA) is 99.5 Å². The first-order valence-electron chi connectivity index (χ1n) is 6.66. The van der Waals surface area contributed by atoms with Crippen molar-refractivity contribution in [2.75, 3.05) is 0 Å².